The Morgan fingerprint density at radius 3 is 2.64 bits per heavy atom. The molecule has 0 aliphatic rings. The predicted molar refractivity (Wildman–Crippen MR) is 57.5 cm³/mol. The number of aliphatic hydroxyl groups excluding tert-OH is 1. The molecule has 0 spiro atoms. The first kappa shape index (κ1) is 11.1. The fourth-order valence-corrected chi connectivity index (χ4v) is 1.16. The van der Waals surface area contributed by atoms with E-state index in [2.05, 4.69) is 6.92 Å². The summed E-state index contributed by atoms with van der Waals surface area (Å²) in [5.74, 6) is 0.831. The lowest BCUT2D eigenvalue weighted by molar-refractivity contribution is 0.195. The summed E-state index contributed by atoms with van der Waals surface area (Å²) in [6.07, 6.45) is 0.772. The van der Waals surface area contributed by atoms with Gasteiger partial charge in [0, 0.05) is 0 Å². The van der Waals surface area contributed by atoms with Crippen molar-refractivity contribution in [2.75, 3.05) is 0 Å². The normalized spacial score (nSPS) is 14.9. The average molecular weight is 194 g/mol. The molecule has 0 aromatic heterocycles. The van der Waals surface area contributed by atoms with E-state index in [1.165, 1.54) is 0 Å². The number of benzene rings is 1. The molecule has 1 aromatic carbocycles. The first-order valence-electron chi connectivity index (χ1n) is 5.08. The molecule has 2 nitrogen and oxygen atoms in total. The third-order valence-electron chi connectivity index (χ3n) is 2.25. The summed E-state index contributed by atoms with van der Waals surface area (Å²) >= 11 is 0. The van der Waals surface area contributed by atoms with Crippen molar-refractivity contribution in [3.63, 3.8) is 0 Å². The Balaban J connectivity index is 2.73. The quantitative estimate of drug-likeness (QED) is 0.798. The standard InChI is InChI=1S/C12H18O2/c1-4-9(2)14-12-7-5-6-11(8-12)10(3)13/h5-10,13H,4H2,1-3H3. The van der Waals surface area contributed by atoms with Crippen LogP contribution < -0.4 is 4.74 Å². The summed E-state index contributed by atoms with van der Waals surface area (Å²) in [7, 11) is 0. The second kappa shape index (κ2) is 5.01. The molecule has 0 aliphatic carbocycles. The molecular weight excluding hydrogens is 176 g/mol. The maximum absolute atomic E-state index is 9.38. The summed E-state index contributed by atoms with van der Waals surface area (Å²) in [6, 6.07) is 7.60. The van der Waals surface area contributed by atoms with Gasteiger partial charge >= 0.3 is 0 Å². The van der Waals surface area contributed by atoms with E-state index in [9.17, 15) is 5.11 Å². The van der Waals surface area contributed by atoms with Gasteiger partial charge in [-0.2, -0.15) is 0 Å². The highest BCUT2D eigenvalue weighted by Gasteiger charge is 2.04. The predicted octanol–water partition coefficient (Wildman–Crippen LogP) is 2.92. The van der Waals surface area contributed by atoms with Crippen molar-refractivity contribution in [1.29, 1.82) is 0 Å². The third kappa shape index (κ3) is 3.04. The monoisotopic (exact) mass is 194 g/mol. The van der Waals surface area contributed by atoms with Gasteiger partial charge in [0.1, 0.15) is 5.75 Å². The van der Waals surface area contributed by atoms with E-state index in [4.69, 9.17) is 4.74 Å². The Kier molecular flexibility index (Phi) is 3.96. The van der Waals surface area contributed by atoms with Crippen molar-refractivity contribution in [2.24, 2.45) is 0 Å². The molecule has 0 fully saturated rings. The largest absolute Gasteiger partial charge is 0.491 e. The fraction of sp³-hybridized carbons (Fsp3) is 0.500. The topological polar surface area (TPSA) is 29.5 Å². The van der Waals surface area contributed by atoms with Gasteiger partial charge in [0.05, 0.1) is 12.2 Å². The second-order valence-electron chi connectivity index (χ2n) is 3.59. The van der Waals surface area contributed by atoms with Gasteiger partial charge in [-0.05, 0) is 38.0 Å². The molecule has 0 heterocycles. The second-order valence-corrected chi connectivity index (χ2v) is 3.59. The zero-order valence-corrected chi connectivity index (χ0v) is 9.03. The van der Waals surface area contributed by atoms with Crippen LogP contribution in [0.15, 0.2) is 24.3 Å². The maximum Gasteiger partial charge on any atom is 0.120 e. The van der Waals surface area contributed by atoms with Crippen LogP contribution in [-0.4, -0.2) is 11.2 Å². The van der Waals surface area contributed by atoms with E-state index >= 15 is 0 Å². The van der Waals surface area contributed by atoms with Crippen LogP contribution in [0, 0.1) is 0 Å². The summed E-state index contributed by atoms with van der Waals surface area (Å²) in [4.78, 5) is 0. The van der Waals surface area contributed by atoms with Gasteiger partial charge in [0.25, 0.3) is 0 Å². The SMILES string of the molecule is CCC(C)Oc1cccc(C(C)O)c1. The van der Waals surface area contributed by atoms with Gasteiger partial charge < -0.3 is 9.84 Å². The Morgan fingerprint density at radius 1 is 1.36 bits per heavy atom. The molecule has 0 radical (unpaired) electrons. The maximum atomic E-state index is 9.38. The summed E-state index contributed by atoms with van der Waals surface area (Å²) in [5, 5.41) is 9.38. The molecular formula is C12H18O2. The highest BCUT2D eigenvalue weighted by atomic mass is 16.5. The Labute approximate surface area is 85.5 Å². The molecule has 1 aromatic rings. The molecule has 0 amide bonds. The molecule has 0 saturated heterocycles. The van der Waals surface area contributed by atoms with E-state index in [1.54, 1.807) is 6.92 Å². The van der Waals surface area contributed by atoms with E-state index in [0.717, 1.165) is 17.7 Å². The number of hydrogen-bond acceptors (Lipinski definition) is 2. The lowest BCUT2D eigenvalue weighted by Gasteiger charge is -2.14. The minimum Gasteiger partial charge on any atom is -0.491 e. The van der Waals surface area contributed by atoms with Crippen LogP contribution in [0.25, 0.3) is 0 Å². The Bertz CT molecular complexity index is 281. The zero-order chi connectivity index (χ0) is 10.6. The summed E-state index contributed by atoms with van der Waals surface area (Å²) < 4.78 is 5.64. The van der Waals surface area contributed by atoms with Crippen LogP contribution in [0.5, 0.6) is 5.75 Å². The van der Waals surface area contributed by atoms with Gasteiger partial charge in [0.15, 0.2) is 0 Å². The minimum atomic E-state index is -0.435. The molecule has 1 rings (SSSR count). The highest BCUT2D eigenvalue weighted by Crippen LogP contribution is 2.20. The van der Waals surface area contributed by atoms with Crippen LogP contribution in [0.2, 0.25) is 0 Å². The molecule has 14 heavy (non-hydrogen) atoms. The minimum absolute atomic E-state index is 0.222. The van der Waals surface area contributed by atoms with Crippen molar-refractivity contribution in [3.8, 4) is 5.75 Å². The van der Waals surface area contributed by atoms with Crippen molar-refractivity contribution >= 4 is 0 Å². The van der Waals surface area contributed by atoms with Gasteiger partial charge in [-0.3, -0.25) is 0 Å². The van der Waals surface area contributed by atoms with Crippen molar-refractivity contribution in [1.82, 2.24) is 0 Å². The van der Waals surface area contributed by atoms with Crippen LogP contribution in [-0.2, 0) is 0 Å². The number of ether oxygens (including phenoxy) is 1. The van der Waals surface area contributed by atoms with Gasteiger partial charge in [-0.25, -0.2) is 0 Å². The van der Waals surface area contributed by atoms with Crippen LogP contribution in [0.3, 0.4) is 0 Å². The van der Waals surface area contributed by atoms with Crippen molar-refractivity contribution in [3.05, 3.63) is 29.8 Å². The first-order valence-corrected chi connectivity index (χ1v) is 5.08. The van der Waals surface area contributed by atoms with E-state index in [-0.39, 0.29) is 6.10 Å². The summed E-state index contributed by atoms with van der Waals surface area (Å²) in [6.45, 7) is 5.88. The lowest BCUT2D eigenvalue weighted by Crippen LogP contribution is -2.09. The van der Waals surface area contributed by atoms with Gasteiger partial charge in [-0.1, -0.05) is 19.1 Å². The van der Waals surface area contributed by atoms with Crippen molar-refractivity contribution < 1.29 is 9.84 Å². The number of aliphatic hydroxyl groups is 1. The molecule has 1 N–H and O–H groups in total. The molecule has 0 aliphatic heterocycles. The van der Waals surface area contributed by atoms with Crippen molar-refractivity contribution in [2.45, 2.75) is 39.4 Å². The lowest BCUT2D eigenvalue weighted by atomic mass is 10.1. The summed E-state index contributed by atoms with van der Waals surface area (Å²) in [5.41, 5.74) is 0.894. The molecule has 0 bridgehead atoms. The van der Waals surface area contributed by atoms with Gasteiger partial charge in [0.2, 0.25) is 0 Å². The van der Waals surface area contributed by atoms with E-state index in [0.29, 0.717) is 0 Å². The molecule has 2 atom stereocenters. The smallest absolute Gasteiger partial charge is 0.120 e. The molecule has 78 valence electrons. The van der Waals surface area contributed by atoms with Crippen LogP contribution in [0.1, 0.15) is 38.9 Å². The highest BCUT2D eigenvalue weighted by molar-refractivity contribution is 5.29. The van der Waals surface area contributed by atoms with E-state index in [1.807, 2.05) is 31.2 Å². The number of rotatable bonds is 4. The zero-order valence-electron chi connectivity index (χ0n) is 9.03. The molecule has 0 saturated carbocycles. The van der Waals surface area contributed by atoms with Crippen LogP contribution >= 0.6 is 0 Å². The first-order chi connectivity index (χ1) is 6.63. The van der Waals surface area contributed by atoms with Crippen LogP contribution in [0.4, 0.5) is 0 Å². The number of hydrogen-bond donors (Lipinski definition) is 1. The van der Waals surface area contributed by atoms with Gasteiger partial charge in [-0.15, -0.1) is 0 Å². The average Bonchev–Trinajstić information content (AvgIpc) is 2.18. The Morgan fingerprint density at radius 2 is 2.07 bits per heavy atom. The third-order valence-corrected chi connectivity index (χ3v) is 2.25. The molecule has 2 unspecified atom stereocenters. The van der Waals surface area contributed by atoms with E-state index < -0.39 is 6.10 Å². The molecule has 2 heteroatoms. The fourth-order valence-electron chi connectivity index (χ4n) is 1.16. The Hall–Kier alpha value is -1.02.